The minimum absolute atomic E-state index is 0.961. The number of hydrogen-bond acceptors (Lipinski definition) is 2. The van der Waals surface area contributed by atoms with Gasteiger partial charge in [-0.15, -0.1) is 0 Å². The van der Waals surface area contributed by atoms with Crippen molar-refractivity contribution >= 4 is 5.97 Å². The molecule has 0 aromatic rings. The molecule has 0 aliphatic heterocycles. The molecule has 0 aromatic heterocycles. The van der Waals surface area contributed by atoms with Gasteiger partial charge in [0.05, 0.1) is 0 Å². The van der Waals surface area contributed by atoms with E-state index in [2.05, 4.69) is 0 Å². The minimum atomic E-state index is -2.65. The van der Waals surface area contributed by atoms with E-state index in [0.29, 0.717) is 0 Å². The van der Waals surface area contributed by atoms with Gasteiger partial charge in [-0.1, -0.05) is 0 Å². The number of aliphatic carboxylic acids is 1. The first-order valence-corrected chi connectivity index (χ1v) is 1.72. The van der Waals surface area contributed by atoms with Crippen LogP contribution in [-0.4, -0.2) is 16.6 Å². The highest BCUT2D eigenvalue weighted by atomic mass is 16.4. The van der Waals surface area contributed by atoms with Crippen LogP contribution in [0.15, 0.2) is 0 Å². The maximum atomic E-state index is 10.2. The molecular formula is C4H9NO2. The molecule has 0 rings (SSSR count). The van der Waals surface area contributed by atoms with Crippen LogP contribution < -0.4 is 5.73 Å². The zero-order chi connectivity index (χ0) is 8.58. The van der Waals surface area contributed by atoms with Crippen LogP contribution in [0, 0.1) is 0 Å². The van der Waals surface area contributed by atoms with Gasteiger partial charge in [-0.2, -0.15) is 0 Å². The van der Waals surface area contributed by atoms with Crippen LogP contribution in [-0.2, 0) is 4.79 Å². The van der Waals surface area contributed by atoms with Crippen LogP contribution in [0.25, 0.3) is 0 Å². The standard InChI is InChI=1S/C4H9NO2/c1-4(2,5)3(6)7/h5H2,1-2H3,(H,6,7)/i1D3/t4-/m0/s1. The Morgan fingerprint density at radius 1 is 2.14 bits per heavy atom. The molecule has 0 heterocycles. The Hall–Kier alpha value is -0.570. The summed E-state index contributed by atoms with van der Waals surface area (Å²) in [6.45, 7) is -1.69. The lowest BCUT2D eigenvalue weighted by Gasteiger charge is -2.09. The molecule has 0 saturated heterocycles. The third kappa shape index (κ3) is 2.17. The molecule has 0 aromatic carbocycles. The first-order chi connectivity index (χ1) is 4.19. The second-order valence-corrected chi connectivity index (χ2v) is 1.51. The number of carboxylic acids is 1. The number of hydrogen-bond donors (Lipinski definition) is 2. The smallest absolute Gasteiger partial charge is 0.323 e. The van der Waals surface area contributed by atoms with Crippen molar-refractivity contribution in [2.45, 2.75) is 19.3 Å². The summed E-state index contributed by atoms with van der Waals surface area (Å²) in [4.78, 5) is 10.2. The summed E-state index contributed by atoms with van der Waals surface area (Å²) in [5, 5.41) is 8.29. The second kappa shape index (κ2) is 1.50. The average Bonchev–Trinajstić information content (AvgIpc) is 1.62. The Morgan fingerprint density at radius 2 is 2.57 bits per heavy atom. The van der Waals surface area contributed by atoms with E-state index in [1.807, 2.05) is 0 Å². The molecule has 0 aliphatic carbocycles. The van der Waals surface area contributed by atoms with Gasteiger partial charge in [0, 0.05) is 4.11 Å². The highest BCUT2D eigenvalue weighted by Gasteiger charge is 2.19. The molecule has 0 fully saturated rings. The fourth-order valence-corrected chi connectivity index (χ4v) is 0. The Bertz CT molecular complexity index is 151. The van der Waals surface area contributed by atoms with E-state index >= 15 is 0 Å². The molecule has 3 N–H and O–H groups in total. The highest BCUT2D eigenvalue weighted by molar-refractivity contribution is 5.77. The Balaban J connectivity index is 4.57. The van der Waals surface area contributed by atoms with Crippen LogP contribution >= 0.6 is 0 Å². The largest absolute Gasteiger partial charge is 0.480 e. The molecule has 7 heavy (non-hydrogen) atoms. The van der Waals surface area contributed by atoms with E-state index in [1.165, 1.54) is 0 Å². The summed E-state index contributed by atoms with van der Waals surface area (Å²) in [6.07, 6.45) is 0. The third-order valence-electron chi connectivity index (χ3n) is 0.444. The SMILES string of the molecule is [2H]C([2H])([2H])[C@@](C)(N)C(=O)O. The van der Waals surface area contributed by atoms with Gasteiger partial charge >= 0.3 is 5.97 Å². The van der Waals surface area contributed by atoms with E-state index in [1.54, 1.807) is 0 Å². The van der Waals surface area contributed by atoms with Crippen LogP contribution in [0.3, 0.4) is 0 Å². The monoisotopic (exact) mass is 106 g/mol. The minimum Gasteiger partial charge on any atom is -0.480 e. The molecule has 1 atom stereocenters. The van der Waals surface area contributed by atoms with E-state index in [0.717, 1.165) is 6.92 Å². The average molecular weight is 106 g/mol. The van der Waals surface area contributed by atoms with Crippen molar-refractivity contribution < 1.29 is 14.0 Å². The Labute approximate surface area is 46.3 Å². The molecule has 0 spiro atoms. The first kappa shape index (κ1) is 2.67. The summed E-state index contributed by atoms with van der Waals surface area (Å²) < 4.78 is 20.1. The zero-order valence-electron chi connectivity index (χ0n) is 6.93. The van der Waals surface area contributed by atoms with Crippen LogP contribution in [0.4, 0.5) is 0 Å². The molecule has 42 valence electrons. The van der Waals surface area contributed by atoms with Gasteiger partial charge in [0.25, 0.3) is 0 Å². The summed E-state index contributed by atoms with van der Waals surface area (Å²) in [5.41, 5.74) is 2.83. The van der Waals surface area contributed by atoms with E-state index in [9.17, 15) is 4.79 Å². The Morgan fingerprint density at radius 3 is 2.57 bits per heavy atom. The molecule has 0 radical (unpaired) electrons. The van der Waals surface area contributed by atoms with Crippen molar-refractivity contribution in [2.75, 3.05) is 0 Å². The van der Waals surface area contributed by atoms with Crippen molar-refractivity contribution in [3.8, 4) is 0 Å². The maximum absolute atomic E-state index is 10.2. The quantitative estimate of drug-likeness (QED) is 0.487. The summed E-state index contributed by atoms with van der Waals surface area (Å²) in [6, 6.07) is 0. The van der Waals surface area contributed by atoms with Crippen molar-refractivity contribution in [2.24, 2.45) is 5.73 Å². The highest BCUT2D eigenvalue weighted by Crippen LogP contribution is 1.93. The molecule has 3 heteroatoms. The lowest BCUT2D eigenvalue weighted by Crippen LogP contribution is -2.41. The lowest BCUT2D eigenvalue weighted by atomic mass is 10.1. The number of rotatable bonds is 1. The van der Waals surface area contributed by atoms with E-state index in [-0.39, 0.29) is 0 Å². The van der Waals surface area contributed by atoms with Crippen LogP contribution in [0.2, 0.25) is 0 Å². The second-order valence-electron chi connectivity index (χ2n) is 1.51. The fourth-order valence-electron chi connectivity index (χ4n) is 0. The predicted molar refractivity (Wildman–Crippen MR) is 25.9 cm³/mol. The van der Waals surface area contributed by atoms with Gasteiger partial charge in [-0.3, -0.25) is 4.79 Å². The third-order valence-corrected chi connectivity index (χ3v) is 0.444. The Kier molecular flexibility index (Phi) is 0.571. The molecule has 0 saturated carbocycles. The molecular weight excluding hydrogens is 94.0 g/mol. The van der Waals surface area contributed by atoms with Crippen molar-refractivity contribution in [1.29, 1.82) is 0 Å². The first-order valence-electron chi connectivity index (χ1n) is 3.22. The summed E-state index contributed by atoms with van der Waals surface area (Å²) in [7, 11) is 0. The van der Waals surface area contributed by atoms with Gasteiger partial charge < -0.3 is 10.8 Å². The summed E-state index contributed by atoms with van der Waals surface area (Å²) >= 11 is 0. The number of carbonyl (C=O) groups is 1. The van der Waals surface area contributed by atoms with Gasteiger partial charge in [0.15, 0.2) is 0 Å². The maximum Gasteiger partial charge on any atom is 0.323 e. The molecule has 3 nitrogen and oxygen atoms in total. The van der Waals surface area contributed by atoms with Crippen molar-refractivity contribution in [1.82, 2.24) is 0 Å². The number of nitrogens with two attached hydrogens (primary N) is 1. The molecule has 0 amide bonds. The van der Waals surface area contributed by atoms with Crippen LogP contribution in [0.5, 0.6) is 0 Å². The lowest BCUT2D eigenvalue weighted by molar-refractivity contribution is -0.141. The zero-order valence-corrected chi connectivity index (χ0v) is 3.93. The van der Waals surface area contributed by atoms with Crippen molar-refractivity contribution in [3.05, 3.63) is 0 Å². The normalized spacial score (nSPS) is 26.3. The van der Waals surface area contributed by atoms with Gasteiger partial charge in [-0.25, -0.2) is 0 Å². The molecule has 0 aliphatic rings. The van der Waals surface area contributed by atoms with Gasteiger partial charge in [0.1, 0.15) is 5.54 Å². The molecule has 0 unspecified atom stereocenters. The molecule has 0 bridgehead atoms. The number of carboxylic acid groups (broad SMARTS) is 1. The van der Waals surface area contributed by atoms with Gasteiger partial charge in [-0.05, 0) is 13.8 Å². The summed E-state index contributed by atoms with van der Waals surface area (Å²) in [5.74, 6) is -1.52. The van der Waals surface area contributed by atoms with E-state index < -0.39 is 18.4 Å². The van der Waals surface area contributed by atoms with Crippen molar-refractivity contribution in [3.63, 3.8) is 0 Å². The van der Waals surface area contributed by atoms with E-state index in [4.69, 9.17) is 15.0 Å². The van der Waals surface area contributed by atoms with Gasteiger partial charge in [0.2, 0.25) is 0 Å². The van der Waals surface area contributed by atoms with Crippen LogP contribution in [0.1, 0.15) is 17.9 Å². The topological polar surface area (TPSA) is 63.3 Å². The fraction of sp³-hybridized carbons (Fsp3) is 0.750. The predicted octanol–water partition coefficient (Wildman–Crippen LogP) is -0.192.